The van der Waals surface area contributed by atoms with E-state index in [1.54, 1.807) is 12.1 Å². The van der Waals surface area contributed by atoms with Crippen LogP contribution in [0.4, 0.5) is 4.39 Å². The van der Waals surface area contributed by atoms with Crippen molar-refractivity contribution < 1.29 is 9.18 Å². The summed E-state index contributed by atoms with van der Waals surface area (Å²) in [7, 11) is 0. The second-order valence-corrected chi connectivity index (χ2v) is 4.35. The van der Waals surface area contributed by atoms with E-state index in [0.717, 1.165) is 31.7 Å². The van der Waals surface area contributed by atoms with Crippen LogP contribution < -0.4 is 5.32 Å². The maximum atomic E-state index is 12.8. The molecular weight excluding hydrogens is 219 g/mol. The molecule has 2 rings (SSSR count). The van der Waals surface area contributed by atoms with Gasteiger partial charge in [-0.05, 0) is 24.6 Å². The summed E-state index contributed by atoms with van der Waals surface area (Å²) in [4.78, 5) is 14.1. The molecule has 1 unspecified atom stereocenters. The Morgan fingerprint density at radius 2 is 1.88 bits per heavy atom. The van der Waals surface area contributed by atoms with Crippen LogP contribution in [0.1, 0.15) is 18.4 Å². The average molecular weight is 236 g/mol. The number of amides is 1. The smallest absolute Gasteiger partial charge is 0.229 e. The molecule has 17 heavy (non-hydrogen) atoms. The number of halogens is 1. The first-order valence-corrected chi connectivity index (χ1v) is 5.93. The monoisotopic (exact) mass is 236 g/mol. The number of piperazine rings is 1. The largest absolute Gasteiger partial charge is 0.340 e. The summed E-state index contributed by atoms with van der Waals surface area (Å²) in [5, 5.41) is 3.21. The summed E-state index contributed by atoms with van der Waals surface area (Å²) in [5.74, 6) is -0.345. The maximum absolute atomic E-state index is 12.8. The van der Waals surface area contributed by atoms with E-state index in [1.165, 1.54) is 12.1 Å². The number of carbonyl (C=O) groups excluding carboxylic acids is 1. The Morgan fingerprint density at radius 3 is 2.47 bits per heavy atom. The van der Waals surface area contributed by atoms with Crippen molar-refractivity contribution >= 4 is 5.91 Å². The fraction of sp³-hybridized carbons (Fsp3) is 0.462. The van der Waals surface area contributed by atoms with Crippen molar-refractivity contribution in [3.8, 4) is 0 Å². The minimum absolute atomic E-state index is 0.123. The highest BCUT2D eigenvalue weighted by molar-refractivity contribution is 5.83. The van der Waals surface area contributed by atoms with E-state index < -0.39 is 0 Å². The SMILES string of the molecule is CC(C(=O)N1CCNCC1)c1ccc(F)cc1. The molecule has 0 aliphatic carbocycles. The maximum Gasteiger partial charge on any atom is 0.229 e. The quantitative estimate of drug-likeness (QED) is 0.841. The highest BCUT2D eigenvalue weighted by Crippen LogP contribution is 2.18. The van der Waals surface area contributed by atoms with Gasteiger partial charge in [-0.3, -0.25) is 4.79 Å². The van der Waals surface area contributed by atoms with Crippen molar-refractivity contribution in [2.24, 2.45) is 0 Å². The third kappa shape index (κ3) is 2.82. The van der Waals surface area contributed by atoms with Gasteiger partial charge < -0.3 is 10.2 Å². The first-order chi connectivity index (χ1) is 8.18. The van der Waals surface area contributed by atoms with Crippen LogP contribution in [0.2, 0.25) is 0 Å². The van der Waals surface area contributed by atoms with Gasteiger partial charge in [-0.2, -0.15) is 0 Å². The Balaban J connectivity index is 2.05. The molecule has 0 saturated carbocycles. The first-order valence-electron chi connectivity index (χ1n) is 5.93. The lowest BCUT2D eigenvalue weighted by Gasteiger charge is -2.29. The Hall–Kier alpha value is -1.42. The Labute approximate surface area is 101 Å². The molecule has 1 amide bonds. The number of rotatable bonds is 2. The highest BCUT2D eigenvalue weighted by Gasteiger charge is 2.22. The van der Waals surface area contributed by atoms with E-state index in [-0.39, 0.29) is 17.6 Å². The number of nitrogens with zero attached hydrogens (tertiary/aromatic N) is 1. The lowest BCUT2D eigenvalue weighted by molar-refractivity contribution is -0.133. The second-order valence-electron chi connectivity index (χ2n) is 4.35. The number of hydrogen-bond donors (Lipinski definition) is 1. The van der Waals surface area contributed by atoms with Crippen LogP contribution in [0.25, 0.3) is 0 Å². The molecule has 1 aromatic carbocycles. The molecule has 0 radical (unpaired) electrons. The minimum Gasteiger partial charge on any atom is -0.340 e. The van der Waals surface area contributed by atoms with Gasteiger partial charge in [0.1, 0.15) is 5.82 Å². The molecule has 1 heterocycles. The molecule has 92 valence electrons. The lowest BCUT2D eigenvalue weighted by atomic mass is 9.99. The number of carbonyl (C=O) groups is 1. The van der Waals surface area contributed by atoms with Crippen LogP contribution in [0.5, 0.6) is 0 Å². The van der Waals surface area contributed by atoms with Gasteiger partial charge in [0.15, 0.2) is 0 Å². The van der Waals surface area contributed by atoms with Gasteiger partial charge in [-0.25, -0.2) is 4.39 Å². The van der Waals surface area contributed by atoms with Gasteiger partial charge in [0.25, 0.3) is 0 Å². The zero-order valence-corrected chi connectivity index (χ0v) is 9.95. The van der Waals surface area contributed by atoms with Crippen LogP contribution in [0, 0.1) is 5.82 Å². The summed E-state index contributed by atoms with van der Waals surface area (Å²) in [5.41, 5.74) is 0.870. The number of hydrogen-bond acceptors (Lipinski definition) is 2. The minimum atomic E-state index is -0.268. The van der Waals surface area contributed by atoms with Crippen LogP contribution >= 0.6 is 0 Å². The topological polar surface area (TPSA) is 32.3 Å². The van der Waals surface area contributed by atoms with Crippen LogP contribution in [-0.2, 0) is 4.79 Å². The third-order valence-electron chi connectivity index (χ3n) is 3.17. The van der Waals surface area contributed by atoms with Crippen molar-refractivity contribution in [3.05, 3.63) is 35.6 Å². The molecule has 0 spiro atoms. The fourth-order valence-electron chi connectivity index (χ4n) is 2.05. The van der Waals surface area contributed by atoms with E-state index >= 15 is 0 Å². The zero-order valence-electron chi connectivity index (χ0n) is 9.95. The molecule has 4 heteroatoms. The van der Waals surface area contributed by atoms with Gasteiger partial charge in [0.2, 0.25) is 5.91 Å². The summed E-state index contributed by atoms with van der Waals surface area (Å²) < 4.78 is 12.8. The van der Waals surface area contributed by atoms with Crippen molar-refractivity contribution in [1.82, 2.24) is 10.2 Å². The Kier molecular flexibility index (Phi) is 3.74. The van der Waals surface area contributed by atoms with Crippen molar-refractivity contribution in [2.75, 3.05) is 26.2 Å². The number of nitrogens with one attached hydrogen (secondary N) is 1. The fourth-order valence-corrected chi connectivity index (χ4v) is 2.05. The van der Waals surface area contributed by atoms with Gasteiger partial charge in [0.05, 0.1) is 5.92 Å². The van der Waals surface area contributed by atoms with Crippen molar-refractivity contribution in [1.29, 1.82) is 0 Å². The summed E-state index contributed by atoms with van der Waals surface area (Å²) in [6, 6.07) is 6.16. The third-order valence-corrected chi connectivity index (χ3v) is 3.17. The van der Waals surface area contributed by atoms with E-state index in [1.807, 2.05) is 11.8 Å². The van der Waals surface area contributed by atoms with Crippen LogP contribution in [-0.4, -0.2) is 37.0 Å². The van der Waals surface area contributed by atoms with Gasteiger partial charge in [-0.1, -0.05) is 12.1 Å². The normalized spacial score (nSPS) is 17.9. The molecule has 1 aliphatic rings. The predicted molar refractivity (Wildman–Crippen MR) is 64.3 cm³/mol. The highest BCUT2D eigenvalue weighted by atomic mass is 19.1. The summed E-state index contributed by atoms with van der Waals surface area (Å²) in [6.45, 7) is 5.08. The van der Waals surface area contributed by atoms with Gasteiger partial charge in [0, 0.05) is 26.2 Å². The van der Waals surface area contributed by atoms with Gasteiger partial charge in [-0.15, -0.1) is 0 Å². The molecule has 1 aromatic rings. The van der Waals surface area contributed by atoms with E-state index in [9.17, 15) is 9.18 Å². The van der Waals surface area contributed by atoms with Crippen LogP contribution in [0.3, 0.4) is 0 Å². The Morgan fingerprint density at radius 1 is 1.29 bits per heavy atom. The zero-order chi connectivity index (χ0) is 12.3. The lowest BCUT2D eigenvalue weighted by Crippen LogP contribution is -2.47. The molecule has 1 fully saturated rings. The summed E-state index contributed by atoms with van der Waals surface area (Å²) >= 11 is 0. The van der Waals surface area contributed by atoms with Crippen LogP contribution in [0.15, 0.2) is 24.3 Å². The molecule has 1 atom stereocenters. The van der Waals surface area contributed by atoms with E-state index in [4.69, 9.17) is 0 Å². The van der Waals surface area contributed by atoms with E-state index in [0.29, 0.717) is 0 Å². The molecule has 0 aromatic heterocycles. The van der Waals surface area contributed by atoms with Gasteiger partial charge >= 0.3 is 0 Å². The average Bonchev–Trinajstić information content (AvgIpc) is 2.39. The summed E-state index contributed by atoms with van der Waals surface area (Å²) in [6.07, 6.45) is 0. The molecule has 0 bridgehead atoms. The molecule has 3 nitrogen and oxygen atoms in total. The van der Waals surface area contributed by atoms with Crippen molar-refractivity contribution in [2.45, 2.75) is 12.8 Å². The Bertz CT molecular complexity index is 385. The first kappa shape index (κ1) is 12.0. The molecule has 1 saturated heterocycles. The standard InChI is InChI=1S/C13H17FN2O/c1-10(11-2-4-12(14)5-3-11)13(17)16-8-6-15-7-9-16/h2-5,10,15H,6-9H2,1H3. The number of benzene rings is 1. The molecular formula is C13H17FN2O. The molecule has 1 N–H and O–H groups in total. The molecule has 1 aliphatic heterocycles. The van der Waals surface area contributed by atoms with Crippen molar-refractivity contribution in [3.63, 3.8) is 0 Å². The van der Waals surface area contributed by atoms with E-state index in [2.05, 4.69) is 5.32 Å². The second kappa shape index (κ2) is 5.27. The predicted octanol–water partition coefficient (Wildman–Crippen LogP) is 1.36.